The molecule has 1 aromatic rings. The van der Waals surface area contributed by atoms with Crippen LogP contribution in [-0.4, -0.2) is 33.6 Å². The number of fused-ring (bicyclic) bond motifs is 1. The molecule has 2 N–H and O–H groups in total. The van der Waals surface area contributed by atoms with E-state index in [0.29, 0.717) is 31.1 Å². The van der Waals surface area contributed by atoms with Gasteiger partial charge in [0.2, 0.25) is 0 Å². The molecule has 0 radical (unpaired) electrons. The van der Waals surface area contributed by atoms with E-state index in [1.165, 1.54) is 5.69 Å². The number of nitrogens with zero attached hydrogens (tertiary/aromatic N) is 2. The molecule has 1 aliphatic heterocycles. The molecule has 22 heavy (non-hydrogen) atoms. The van der Waals surface area contributed by atoms with E-state index in [4.69, 9.17) is 10.5 Å². The van der Waals surface area contributed by atoms with Gasteiger partial charge in [0.1, 0.15) is 5.60 Å². The van der Waals surface area contributed by atoms with Gasteiger partial charge in [-0.3, -0.25) is 4.79 Å². The molecule has 0 aromatic carbocycles. The predicted octanol–water partition coefficient (Wildman–Crippen LogP) is 2.22. The van der Waals surface area contributed by atoms with Crippen molar-refractivity contribution in [1.29, 1.82) is 0 Å². The summed E-state index contributed by atoms with van der Waals surface area (Å²) in [6.07, 6.45) is 1.98. The maximum atomic E-state index is 12.2. The van der Waals surface area contributed by atoms with Gasteiger partial charge in [0.05, 0.1) is 17.8 Å². The van der Waals surface area contributed by atoms with Gasteiger partial charge in [0.25, 0.3) is 5.91 Å². The molecule has 0 atom stereocenters. The smallest absolute Gasteiger partial charge is 0.410 e. The molecule has 0 bridgehead atoms. The molecular weight excluding hydrogens is 282 g/mol. The fourth-order valence-electron chi connectivity index (χ4n) is 2.94. The number of rotatable bonds is 2. The van der Waals surface area contributed by atoms with Gasteiger partial charge in [-0.25, -0.2) is 4.79 Å². The van der Waals surface area contributed by atoms with Crippen LogP contribution >= 0.6 is 0 Å². The number of amides is 2. The van der Waals surface area contributed by atoms with Crippen LogP contribution in [0.5, 0.6) is 0 Å². The Kier molecular flexibility index (Phi) is 3.42. The zero-order valence-corrected chi connectivity index (χ0v) is 13.4. The molecule has 2 amide bonds. The largest absolute Gasteiger partial charge is 0.444 e. The van der Waals surface area contributed by atoms with Gasteiger partial charge < -0.3 is 19.9 Å². The standard InChI is InChI=1S/C16H23N3O3/c1-16(2,3)22-15(21)18-6-7-19-12(10-4-5-10)8-11(14(17)20)13(19)9-18/h8,10H,4-7,9H2,1-3H3,(H2,17,20). The van der Waals surface area contributed by atoms with E-state index in [2.05, 4.69) is 4.57 Å². The lowest BCUT2D eigenvalue weighted by Crippen LogP contribution is -2.42. The molecule has 0 unspecified atom stereocenters. The average Bonchev–Trinajstić information content (AvgIpc) is 3.16. The SMILES string of the molecule is CC(C)(C)OC(=O)N1CCn2c(C3CC3)cc(C(N)=O)c2C1. The molecule has 0 saturated heterocycles. The summed E-state index contributed by atoms with van der Waals surface area (Å²) in [5.74, 6) is 0.113. The van der Waals surface area contributed by atoms with E-state index in [1.54, 1.807) is 4.90 Å². The Balaban J connectivity index is 1.85. The first-order chi connectivity index (χ1) is 10.3. The number of ether oxygens (including phenoxy) is 1. The number of primary amides is 1. The average molecular weight is 305 g/mol. The molecule has 1 fully saturated rings. The quantitative estimate of drug-likeness (QED) is 0.910. The van der Waals surface area contributed by atoms with Crippen LogP contribution in [0.25, 0.3) is 0 Å². The van der Waals surface area contributed by atoms with Gasteiger partial charge in [-0.05, 0) is 45.6 Å². The first-order valence-corrected chi connectivity index (χ1v) is 7.76. The summed E-state index contributed by atoms with van der Waals surface area (Å²) in [6.45, 7) is 7.19. The van der Waals surface area contributed by atoms with Crippen LogP contribution in [0.1, 0.15) is 61.3 Å². The summed E-state index contributed by atoms with van der Waals surface area (Å²) in [5, 5.41) is 0. The van der Waals surface area contributed by atoms with E-state index in [0.717, 1.165) is 18.5 Å². The Morgan fingerprint density at radius 2 is 1.95 bits per heavy atom. The van der Waals surface area contributed by atoms with Crippen molar-refractivity contribution < 1.29 is 14.3 Å². The van der Waals surface area contributed by atoms with Crippen molar-refractivity contribution in [1.82, 2.24) is 9.47 Å². The summed E-state index contributed by atoms with van der Waals surface area (Å²) in [4.78, 5) is 25.6. The molecule has 2 aliphatic rings. The minimum atomic E-state index is -0.526. The third-order valence-corrected chi connectivity index (χ3v) is 4.09. The van der Waals surface area contributed by atoms with Gasteiger partial charge in [0.15, 0.2) is 0 Å². The van der Waals surface area contributed by atoms with Crippen molar-refractivity contribution in [2.45, 2.75) is 58.2 Å². The summed E-state index contributed by atoms with van der Waals surface area (Å²) in [5.41, 5.74) is 7.55. The molecular formula is C16H23N3O3. The lowest BCUT2D eigenvalue weighted by molar-refractivity contribution is 0.0197. The van der Waals surface area contributed by atoms with Crippen LogP contribution in [0.4, 0.5) is 4.79 Å². The Hall–Kier alpha value is -1.98. The van der Waals surface area contributed by atoms with Crippen molar-refractivity contribution in [3.8, 4) is 0 Å². The van der Waals surface area contributed by atoms with E-state index in [-0.39, 0.29) is 6.09 Å². The summed E-state index contributed by atoms with van der Waals surface area (Å²) in [6, 6.07) is 1.91. The topological polar surface area (TPSA) is 77.6 Å². The maximum absolute atomic E-state index is 12.2. The van der Waals surface area contributed by atoms with Crippen LogP contribution in [0.15, 0.2) is 6.07 Å². The Labute approximate surface area is 130 Å². The van der Waals surface area contributed by atoms with E-state index in [1.807, 2.05) is 26.8 Å². The third-order valence-electron chi connectivity index (χ3n) is 4.09. The lowest BCUT2D eigenvalue weighted by atomic mass is 10.2. The van der Waals surface area contributed by atoms with Gasteiger partial charge in [-0.2, -0.15) is 0 Å². The molecule has 6 heteroatoms. The molecule has 2 heterocycles. The highest BCUT2D eigenvalue weighted by Gasteiger charge is 2.34. The first-order valence-electron chi connectivity index (χ1n) is 7.76. The Bertz CT molecular complexity index is 623. The molecule has 3 rings (SSSR count). The monoisotopic (exact) mass is 305 g/mol. The highest BCUT2D eigenvalue weighted by Crippen LogP contribution is 2.42. The minimum absolute atomic E-state index is 0.344. The van der Waals surface area contributed by atoms with Crippen molar-refractivity contribution in [3.63, 3.8) is 0 Å². The first kappa shape index (κ1) is 14.9. The number of carbonyl (C=O) groups excluding carboxylic acids is 2. The van der Waals surface area contributed by atoms with Crippen molar-refractivity contribution in [2.75, 3.05) is 6.54 Å². The van der Waals surface area contributed by atoms with Crippen LogP contribution in [0.3, 0.4) is 0 Å². The highest BCUT2D eigenvalue weighted by molar-refractivity contribution is 5.94. The number of hydrogen-bond acceptors (Lipinski definition) is 3. The summed E-state index contributed by atoms with van der Waals surface area (Å²) >= 11 is 0. The number of nitrogens with two attached hydrogens (primary N) is 1. The number of carbonyl (C=O) groups is 2. The van der Waals surface area contributed by atoms with Crippen LogP contribution in [-0.2, 0) is 17.8 Å². The Morgan fingerprint density at radius 3 is 2.50 bits per heavy atom. The zero-order valence-electron chi connectivity index (χ0n) is 13.4. The van der Waals surface area contributed by atoms with Crippen LogP contribution in [0.2, 0.25) is 0 Å². The molecule has 1 aliphatic carbocycles. The lowest BCUT2D eigenvalue weighted by Gasteiger charge is -2.32. The predicted molar refractivity (Wildman–Crippen MR) is 81.6 cm³/mol. The van der Waals surface area contributed by atoms with Crippen LogP contribution in [0, 0.1) is 0 Å². The second kappa shape index (κ2) is 5.04. The van der Waals surface area contributed by atoms with Crippen LogP contribution < -0.4 is 5.73 Å². The second-order valence-electron chi connectivity index (χ2n) is 7.12. The van der Waals surface area contributed by atoms with Crippen molar-refractivity contribution >= 4 is 12.0 Å². The highest BCUT2D eigenvalue weighted by atomic mass is 16.6. The summed E-state index contributed by atoms with van der Waals surface area (Å²) < 4.78 is 7.59. The second-order valence-corrected chi connectivity index (χ2v) is 7.12. The fraction of sp³-hybridized carbons (Fsp3) is 0.625. The Morgan fingerprint density at radius 1 is 1.27 bits per heavy atom. The number of hydrogen-bond donors (Lipinski definition) is 1. The fourth-order valence-corrected chi connectivity index (χ4v) is 2.94. The zero-order chi connectivity index (χ0) is 16.1. The van der Waals surface area contributed by atoms with Crippen molar-refractivity contribution in [2.24, 2.45) is 5.73 Å². The van der Waals surface area contributed by atoms with Crippen molar-refractivity contribution in [3.05, 3.63) is 23.0 Å². The molecule has 6 nitrogen and oxygen atoms in total. The minimum Gasteiger partial charge on any atom is -0.444 e. The van der Waals surface area contributed by atoms with Gasteiger partial charge in [-0.15, -0.1) is 0 Å². The third kappa shape index (κ3) is 2.82. The summed E-state index contributed by atoms with van der Waals surface area (Å²) in [7, 11) is 0. The van der Waals surface area contributed by atoms with Gasteiger partial charge in [-0.1, -0.05) is 0 Å². The van der Waals surface area contributed by atoms with E-state index < -0.39 is 11.5 Å². The van der Waals surface area contributed by atoms with Gasteiger partial charge >= 0.3 is 6.09 Å². The van der Waals surface area contributed by atoms with Gasteiger partial charge in [0, 0.05) is 18.8 Å². The normalized spacial score (nSPS) is 18.0. The maximum Gasteiger partial charge on any atom is 0.410 e. The number of aromatic nitrogens is 1. The molecule has 1 aromatic heterocycles. The van der Waals surface area contributed by atoms with E-state index >= 15 is 0 Å². The molecule has 0 spiro atoms. The molecule has 120 valence electrons. The molecule has 1 saturated carbocycles. The van der Waals surface area contributed by atoms with E-state index in [9.17, 15) is 9.59 Å².